The topological polar surface area (TPSA) is 53.4 Å². The standard InChI is InChI=1S/C13H18N2O2/c1-15-9-3-6-12(15)11-5-2-4-10(14-11)7-8-13(16)17/h2,4-5,12H,3,6-9H2,1H3,(H,16,17)/t12-/m1/s1. The molecule has 1 fully saturated rings. The van der Waals surface area contributed by atoms with Crippen LogP contribution in [0.3, 0.4) is 0 Å². The Bertz CT molecular complexity index is 406. The zero-order valence-electron chi connectivity index (χ0n) is 10.1. The Morgan fingerprint density at radius 2 is 2.41 bits per heavy atom. The summed E-state index contributed by atoms with van der Waals surface area (Å²) in [5, 5.41) is 8.66. The highest BCUT2D eigenvalue weighted by Crippen LogP contribution is 2.28. The van der Waals surface area contributed by atoms with Gasteiger partial charge in [-0.1, -0.05) is 6.07 Å². The van der Waals surface area contributed by atoms with E-state index in [4.69, 9.17) is 5.11 Å². The predicted molar refractivity (Wildman–Crippen MR) is 64.8 cm³/mol. The van der Waals surface area contributed by atoms with E-state index in [2.05, 4.69) is 16.9 Å². The quantitative estimate of drug-likeness (QED) is 0.864. The highest BCUT2D eigenvalue weighted by atomic mass is 16.4. The zero-order valence-corrected chi connectivity index (χ0v) is 10.1. The molecule has 1 aromatic heterocycles. The third-order valence-corrected chi connectivity index (χ3v) is 3.29. The van der Waals surface area contributed by atoms with Crippen LogP contribution in [0.15, 0.2) is 18.2 Å². The molecule has 0 bridgehead atoms. The molecule has 0 amide bonds. The van der Waals surface area contributed by atoms with Crippen molar-refractivity contribution < 1.29 is 9.90 Å². The number of nitrogens with zero attached hydrogens (tertiary/aromatic N) is 2. The van der Waals surface area contributed by atoms with Gasteiger partial charge in [-0.3, -0.25) is 14.7 Å². The maximum atomic E-state index is 10.5. The van der Waals surface area contributed by atoms with E-state index in [-0.39, 0.29) is 6.42 Å². The third-order valence-electron chi connectivity index (χ3n) is 3.29. The summed E-state index contributed by atoms with van der Waals surface area (Å²) in [6.45, 7) is 1.12. The average Bonchev–Trinajstić information content (AvgIpc) is 2.73. The first-order chi connectivity index (χ1) is 8.16. The van der Waals surface area contributed by atoms with Gasteiger partial charge in [-0.25, -0.2) is 0 Å². The first kappa shape index (κ1) is 12.0. The van der Waals surface area contributed by atoms with Crippen molar-refractivity contribution in [1.29, 1.82) is 0 Å². The van der Waals surface area contributed by atoms with Gasteiger partial charge in [0.05, 0.1) is 18.2 Å². The first-order valence-electron chi connectivity index (χ1n) is 6.04. The van der Waals surface area contributed by atoms with Crippen molar-refractivity contribution in [3.63, 3.8) is 0 Å². The number of likely N-dealkylation sites (tertiary alicyclic amines) is 1. The molecular weight excluding hydrogens is 216 g/mol. The molecule has 4 nitrogen and oxygen atoms in total. The van der Waals surface area contributed by atoms with Gasteiger partial charge in [0.2, 0.25) is 0 Å². The second kappa shape index (κ2) is 5.27. The fourth-order valence-corrected chi connectivity index (χ4v) is 2.34. The minimum atomic E-state index is -0.768. The van der Waals surface area contributed by atoms with Gasteiger partial charge in [0.1, 0.15) is 0 Å². The Morgan fingerprint density at radius 3 is 3.06 bits per heavy atom. The van der Waals surface area contributed by atoms with E-state index < -0.39 is 5.97 Å². The van der Waals surface area contributed by atoms with Crippen molar-refractivity contribution in [3.05, 3.63) is 29.6 Å². The smallest absolute Gasteiger partial charge is 0.303 e. The minimum absolute atomic E-state index is 0.150. The Hall–Kier alpha value is -1.42. The molecule has 1 aliphatic rings. The van der Waals surface area contributed by atoms with Gasteiger partial charge in [0.25, 0.3) is 0 Å². The van der Waals surface area contributed by atoms with E-state index in [1.54, 1.807) is 0 Å². The number of aliphatic carboxylic acids is 1. The fourth-order valence-electron chi connectivity index (χ4n) is 2.34. The molecule has 0 aromatic carbocycles. The van der Waals surface area contributed by atoms with Gasteiger partial charge in [0, 0.05) is 12.1 Å². The summed E-state index contributed by atoms with van der Waals surface area (Å²) in [5.41, 5.74) is 1.96. The van der Waals surface area contributed by atoms with Crippen LogP contribution in [0.4, 0.5) is 0 Å². The van der Waals surface area contributed by atoms with Crippen LogP contribution in [0.1, 0.15) is 36.7 Å². The summed E-state index contributed by atoms with van der Waals surface area (Å²) in [7, 11) is 2.11. The molecule has 0 aliphatic carbocycles. The second-order valence-corrected chi connectivity index (χ2v) is 4.59. The average molecular weight is 234 g/mol. The van der Waals surface area contributed by atoms with Gasteiger partial charge >= 0.3 is 5.97 Å². The molecule has 92 valence electrons. The lowest BCUT2D eigenvalue weighted by Gasteiger charge is -2.19. The molecule has 4 heteroatoms. The summed E-state index contributed by atoms with van der Waals surface area (Å²) in [4.78, 5) is 17.4. The SMILES string of the molecule is CN1CCC[C@@H]1c1cccc(CCC(=O)O)n1. The lowest BCUT2D eigenvalue weighted by molar-refractivity contribution is -0.136. The van der Waals surface area contributed by atoms with Gasteiger partial charge in [-0.05, 0) is 38.6 Å². The molecule has 0 spiro atoms. The Kier molecular flexibility index (Phi) is 3.74. The van der Waals surface area contributed by atoms with Crippen molar-refractivity contribution in [1.82, 2.24) is 9.88 Å². The number of carboxylic acid groups (broad SMARTS) is 1. The van der Waals surface area contributed by atoms with Crippen molar-refractivity contribution in [2.24, 2.45) is 0 Å². The van der Waals surface area contributed by atoms with Crippen LogP contribution >= 0.6 is 0 Å². The number of aryl methyl sites for hydroxylation is 1. The molecule has 1 atom stereocenters. The normalized spacial score (nSPS) is 20.6. The molecule has 2 rings (SSSR count). The van der Waals surface area contributed by atoms with Crippen LogP contribution in [0.25, 0.3) is 0 Å². The van der Waals surface area contributed by atoms with Crippen molar-refractivity contribution in [3.8, 4) is 0 Å². The summed E-state index contributed by atoms with van der Waals surface area (Å²) in [5.74, 6) is -0.768. The van der Waals surface area contributed by atoms with E-state index >= 15 is 0 Å². The number of hydrogen-bond acceptors (Lipinski definition) is 3. The Labute approximate surface area is 101 Å². The summed E-state index contributed by atoms with van der Waals surface area (Å²) in [6, 6.07) is 6.32. The molecule has 1 saturated heterocycles. The predicted octanol–water partition coefficient (Wildman–Crippen LogP) is 1.87. The third kappa shape index (κ3) is 3.03. The lowest BCUT2D eigenvalue weighted by Crippen LogP contribution is -2.18. The van der Waals surface area contributed by atoms with Crippen molar-refractivity contribution in [2.75, 3.05) is 13.6 Å². The number of aromatic nitrogens is 1. The molecule has 0 radical (unpaired) electrons. The van der Waals surface area contributed by atoms with Crippen LogP contribution in [0.5, 0.6) is 0 Å². The molecule has 2 heterocycles. The van der Waals surface area contributed by atoms with Crippen LogP contribution in [0, 0.1) is 0 Å². The summed E-state index contributed by atoms with van der Waals surface area (Å²) in [6.07, 6.45) is 3.02. The monoisotopic (exact) mass is 234 g/mol. The molecule has 0 saturated carbocycles. The molecular formula is C13H18N2O2. The van der Waals surface area contributed by atoms with Crippen LogP contribution < -0.4 is 0 Å². The van der Waals surface area contributed by atoms with Gasteiger partial charge in [-0.2, -0.15) is 0 Å². The van der Waals surface area contributed by atoms with Crippen molar-refractivity contribution in [2.45, 2.75) is 31.7 Å². The molecule has 1 N–H and O–H groups in total. The second-order valence-electron chi connectivity index (χ2n) is 4.59. The number of hydrogen-bond donors (Lipinski definition) is 1. The molecule has 1 aliphatic heterocycles. The van der Waals surface area contributed by atoms with E-state index in [9.17, 15) is 4.79 Å². The maximum Gasteiger partial charge on any atom is 0.303 e. The van der Waals surface area contributed by atoms with Gasteiger partial charge < -0.3 is 5.11 Å². The van der Waals surface area contributed by atoms with E-state index in [0.717, 1.165) is 24.4 Å². The van der Waals surface area contributed by atoms with Crippen LogP contribution in [-0.4, -0.2) is 34.6 Å². The van der Waals surface area contributed by atoms with Crippen LogP contribution in [-0.2, 0) is 11.2 Å². The van der Waals surface area contributed by atoms with E-state index in [0.29, 0.717) is 12.5 Å². The Morgan fingerprint density at radius 1 is 1.59 bits per heavy atom. The highest BCUT2D eigenvalue weighted by Gasteiger charge is 2.23. The lowest BCUT2D eigenvalue weighted by atomic mass is 10.1. The van der Waals surface area contributed by atoms with E-state index in [1.807, 2.05) is 18.2 Å². The number of pyridine rings is 1. The zero-order chi connectivity index (χ0) is 12.3. The molecule has 0 unspecified atom stereocenters. The summed E-state index contributed by atoms with van der Waals surface area (Å²) < 4.78 is 0. The van der Waals surface area contributed by atoms with Crippen molar-refractivity contribution >= 4 is 5.97 Å². The van der Waals surface area contributed by atoms with Crippen LogP contribution in [0.2, 0.25) is 0 Å². The molecule has 1 aromatic rings. The highest BCUT2D eigenvalue weighted by molar-refractivity contribution is 5.66. The number of rotatable bonds is 4. The number of carboxylic acids is 1. The van der Waals surface area contributed by atoms with Gasteiger partial charge in [0.15, 0.2) is 0 Å². The van der Waals surface area contributed by atoms with Gasteiger partial charge in [-0.15, -0.1) is 0 Å². The first-order valence-corrected chi connectivity index (χ1v) is 6.04. The minimum Gasteiger partial charge on any atom is -0.481 e. The van der Waals surface area contributed by atoms with E-state index in [1.165, 1.54) is 6.42 Å². The molecule has 17 heavy (non-hydrogen) atoms. The Balaban J connectivity index is 2.08. The maximum absolute atomic E-state index is 10.5. The number of carbonyl (C=O) groups is 1. The summed E-state index contributed by atoms with van der Waals surface area (Å²) >= 11 is 0. The fraction of sp³-hybridized carbons (Fsp3) is 0.538. The largest absolute Gasteiger partial charge is 0.481 e.